The maximum absolute atomic E-state index is 11.8. The summed E-state index contributed by atoms with van der Waals surface area (Å²) in [7, 11) is 0. The van der Waals surface area contributed by atoms with E-state index in [9.17, 15) is 4.79 Å². The first-order valence-electron chi connectivity index (χ1n) is 7.40. The van der Waals surface area contributed by atoms with Crippen molar-refractivity contribution in [1.82, 2.24) is 15.1 Å². The van der Waals surface area contributed by atoms with Gasteiger partial charge < -0.3 is 5.32 Å². The summed E-state index contributed by atoms with van der Waals surface area (Å²) in [6.45, 7) is 0.646. The summed E-state index contributed by atoms with van der Waals surface area (Å²) in [6.07, 6.45) is 7.81. The number of hydrogen-bond acceptors (Lipinski definition) is 3. The van der Waals surface area contributed by atoms with E-state index in [0.29, 0.717) is 6.54 Å². The third-order valence-electron chi connectivity index (χ3n) is 3.30. The first kappa shape index (κ1) is 15.2. The fourth-order valence-electron chi connectivity index (χ4n) is 2.14. The lowest BCUT2D eigenvalue weighted by atomic mass is 10.3. The molecule has 1 aromatic carbocycles. The van der Waals surface area contributed by atoms with Gasteiger partial charge in [-0.3, -0.25) is 4.79 Å². The van der Waals surface area contributed by atoms with Gasteiger partial charge in [-0.1, -0.05) is 24.3 Å². The Balaban J connectivity index is 1.51. The largest absolute Gasteiger partial charge is 0.352 e. The second-order valence-corrected chi connectivity index (χ2v) is 6.04. The van der Waals surface area contributed by atoms with Gasteiger partial charge in [-0.15, -0.1) is 11.3 Å². The van der Waals surface area contributed by atoms with E-state index in [4.69, 9.17) is 0 Å². The Morgan fingerprint density at radius 2 is 2.09 bits per heavy atom. The van der Waals surface area contributed by atoms with E-state index in [1.807, 2.05) is 48.0 Å². The van der Waals surface area contributed by atoms with E-state index >= 15 is 0 Å². The lowest BCUT2D eigenvalue weighted by molar-refractivity contribution is -0.116. The van der Waals surface area contributed by atoms with Crippen LogP contribution in [0.15, 0.2) is 66.3 Å². The van der Waals surface area contributed by atoms with Crippen molar-refractivity contribution in [2.75, 3.05) is 6.54 Å². The van der Waals surface area contributed by atoms with Gasteiger partial charge >= 0.3 is 0 Å². The molecular weight excluding hydrogens is 306 g/mol. The quantitative estimate of drug-likeness (QED) is 0.708. The number of para-hydroxylation sites is 1. The third kappa shape index (κ3) is 4.40. The molecule has 0 spiro atoms. The number of carbonyl (C=O) groups excluding carboxylic acids is 1. The summed E-state index contributed by atoms with van der Waals surface area (Å²) in [6, 6.07) is 14.0. The van der Waals surface area contributed by atoms with Crippen molar-refractivity contribution in [2.45, 2.75) is 6.42 Å². The van der Waals surface area contributed by atoms with E-state index in [2.05, 4.69) is 16.5 Å². The lowest BCUT2D eigenvalue weighted by Gasteiger charge is -2.00. The fraction of sp³-hybridized carbons (Fsp3) is 0.111. The summed E-state index contributed by atoms with van der Waals surface area (Å²) in [4.78, 5) is 13.1. The number of amides is 1. The summed E-state index contributed by atoms with van der Waals surface area (Å²) >= 11 is 1.71. The van der Waals surface area contributed by atoms with Crippen LogP contribution in [0, 0.1) is 0 Å². The minimum Gasteiger partial charge on any atom is -0.352 e. The van der Waals surface area contributed by atoms with Gasteiger partial charge in [0.15, 0.2) is 0 Å². The normalized spacial score (nSPS) is 11.0. The van der Waals surface area contributed by atoms with Crippen LogP contribution in [-0.4, -0.2) is 22.2 Å². The van der Waals surface area contributed by atoms with Gasteiger partial charge in [0, 0.05) is 29.3 Å². The van der Waals surface area contributed by atoms with Gasteiger partial charge in [0.2, 0.25) is 5.91 Å². The second-order valence-electron chi connectivity index (χ2n) is 5.01. The molecule has 1 N–H and O–H groups in total. The van der Waals surface area contributed by atoms with Gasteiger partial charge in [-0.2, -0.15) is 5.10 Å². The molecule has 0 aliphatic rings. The second kappa shape index (κ2) is 7.56. The molecule has 116 valence electrons. The molecule has 4 nitrogen and oxygen atoms in total. The molecule has 0 bridgehead atoms. The molecule has 23 heavy (non-hydrogen) atoms. The van der Waals surface area contributed by atoms with Crippen molar-refractivity contribution in [3.8, 4) is 5.69 Å². The standard InChI is InChI=1S/C18H17N3OS/c22-18(19-11-10-17-7-4-12-23-17)9-8-15-13-20-21(14-15)16-5-2-1-3-6-16/h1-9,12-14H,10-11H2,(H,19,22). The van der Waals surface area contributed by atoms with E-state index in [1.54, 1.807) is 34.4 Å². The molecule has 5 heteroatoms. The minimum absolute atomic E-state index is 0.0889. The highest BCUT2D eigenvalue weighted by Gasteiger charge is 2.00. The Morgan fingerprint density at radius 1 is 1.22 bits per heavy atom. The minimum atomic E-state index is -0.0889. The van der Waals surface area contributed by atoms with Crippen molar-refractivity contribution in [1.29, 1.82) is 0 Å². The number of benzene rings is 1. The van der Waals surface area contributed by atoms with Crippen LogP contribution in [-0.2, 0) is 11.2 Å². The smallest absolute Gasteiger partial charge is 0.244 e. The molecule has 3 aromatic rings. The lowest BCUT2D eigenvalue weighted by Crippen LogP contribution is -2.23. The van der Waals surface area contributed by atoms with Gasteiger partial charge in [-0.05, 0) is 36.1 Å². The van der Waals surface area contributed by atoms with Crippen LogP contribution in [0.4, 0.5) is 0 Å². The number of hydrogen-bond donors (Lipinski definition) is 1. The van der Waals surface area contributed by atoms with Gasteiger partial charge in [0.25, 0.3) is 0 Å². The SMILES string of the molecule is O=C(C=Cc1cnn(-c2ccccc2)c1)NCCc1cccs1. The Labute approximate surface area is 139 Å². The number of nitrogens with one attached hydrogen (secondary N) is 1. The summed E-state index contributed by atoms with van der Waals surface area (Å²) in [5.74, 6) is -0.0889. The summed E-state index contributed by atoms with van der Waals surface area (Å²) < 4.78 is 1.79. The maximum Gasteiger partial charge on any atom is 0.244 e. The number of aromatic nitrogens is 2. The Bertz CT molecular complexity index is 776. The predicted octanol–water partition coefficient (Wildman–Crippen LogP) is 3.31. The van der Waals surface area contributed by atoms with Crippen molar-refractivity contribution >= 4 is 23.3 Å². The molecule has 0 aliphatic carbocycles. The average Bonchev–Trinajstić information content (AvgIpc) is 3.25. The van der Waals surface area contributed by atoms with E-state index in [1.165, 1.54) is 4.88 Å². The highest BCUT2D eigenvalue weighted by molar-refractivity contribution is 7.09. The Kier molecular flexibility index (Phi) is 5.01. The number of nitrogens with zero attached hydrogens (tertiary/aromatic N) is 2. The molecule has 0 saturated carbocycles. The number of carbonyl (C=O) groups is 1. The van der Waals surface area contributed by atoms with Crippen molar-refractivity contribution in [2.24, 2.45) is 0 Å². The van der Waals surface area contributed by atoms with Crippen LogP contribution < -0.4 is 5.32 Å². The van der Waals surface area contributed by atoms with Crippen molar-refractivity contribution in [3.05, 3.63) is 76.8 Å². The Morgan fingerprint density at radius 3 is 2.87 bits per heavy atom. The maximum atomic E-state index is 11.8. The van der Waals surface area contributed by atoms with Gasteiger partial charge in [0.05, 0.1) is 11.9 Å². The van der Waals surface area contributed by atoms with E-state index in [0.717, 1.165) is 17.7 Å². The Hall–Kier alpha value is -2.66. The average molecular weight is 323 g/mol. The fourth-order valence-corrected chi connectivity index (χ4v) is 2.85. The van der Waals surface area contributed by atoms with Crippen molar-refractivity contribution in [3.63, 3.8) is 0 Å². The molecule has 2 aromatic heterocycles. The monoisotopic (exact) mass is 323 g/mol. The van der Waals surface area contributed by atoms with Crippen molar-refractivity contribution < 1.29 is 4.79 Å². The van der Waals surface area contributed by atoms with Crippen LogP contribution in [0.25, 0.3) is 11.8 Å². The molecule has 0 saturated heterocycles. The first-order chi connectivity index (χ1) is 11.3. The van der Waals surface area contributed by atoms with Crippen LogP contribution in [0.5, 0.6) is 0 Å². The molecule has 3 rings (SSSR count). The van der Waals surface area contributed by atoms with Gasteiger partial charge in [0.1, 0.15) is 0 Å². The van der Waals surface area contributed by atoms with Crippen LogP contribution >= 0.6 is 11.3 Å². The highest BCUT2D eigenvalue weighted by atomic mass is 32.1. The molecule has 0 aliphatic heterocycles. The van der Waals surface area contributed by atoms with Gasteiger partial charge in [-0.25, -0.2) is 4.68 Å². The zero-order valence-corrected chi connectivity index (χ0v) is 13.4. The molecule has 0 fully saturated rings. The molecule has 2 heterocycles. The topological polar surface area (TPSA) is 46.9 Å². The zero-order chi connectivity index (χ0) is 15.9. The van der Waals surface area contributed by atoms with Crippen LogP contribution in [0.2, 0.25) is 0 Å². The first-order valence-corrected chi connectivity index (χ1v) is 8.27. The molecule has 0 atom stereocenters. The predicted molar refractivity (Wildman–Crippen MR) is 93.6 cm³/mol. The third-order valence-corrected chi connectivity index (χ3v) is 4.24. The molecule has 0 unspecified atom stereocenters. The van der Waals surface area contributed by atoms with E-state index < -0.39 is 0 Å². The molecule has 0 radical (unpaired) electrons. The summed E-state index contributed by atoms with van der Waals surface area (Å²) in [5.41, 5.74) is 1.88. The number of rotatable bonds is 6. The number of thiophene rings is 1. The van der Waals surface area contributed by atoms with Crippen LogP contribution in [0.3, 0.4) is 0 Å². The summed E-state index contributed by atoms with van der Waals surface area (Å²) in [5, 5.41) is 9.22. The van der Waals surface area contributed by atoms with Crippen LogP contribution in [0.1, 0.15) is 10.4 Å². The molecular formula is C18H17N3OS. The molecule has 1 amide bonds. The zero-order valence-electron chi connectivity index (χ0n) is 12.6. The van der Waals surface area contributed by atoms with E-state index in [-0.39, 0.29) is 5.91 Å². The highest BCUT2D eigenvalue weighted by Crippen LogP contribution is 2.09.